The van der Waals surface area contributed by atoms with E-state index in [0.29, 0.717) is 17.9 Å². The second-order valence-electron chi connectivity index (χ2n) is 3.36. The molecule has 18 heavy (non-hydrogen) atoms. The van der Waals surface area contributed by atoms with Crippen molar-refractivity contribution in [3.63, 3.8) is 0 Å². The van der Waals surface area contributed by atoms with Crippen LogP contribution >= 0.6 is 11.6 Å². The Morgan fingerprint density at radius 3 is 2.50 bits per heavy atom. The number of benzene rings is 1. The van der Waals surface area contributed by atoms with Crippen LogP contribution in [0.3, 0.4) is 0 Å². The molecule has 0 aliphatic carbocycles. The smallest absolute Gasteiger partial charge is 0.319 e. The topological polar surface area (TPSA) is 70.2 Å². The van der Waals surface area contributed by atoms with Crippen LogP contribution in [-0.4, -0.2) is 24.1 Å². The van der Waals surface area contributed by atoms with Gasteiger partial charge in [-0.3, -0.25) is 4.79 Å². The van der Waals surface area contributed by atoms with Crippen LogP contribution in [0.2, 0.25) is 0 Å². The molecule has 1 rings (SSSR count). The first kappa shape index (κ1) is 14.2. The molecule has 5 nitrogen and oxygen atoms in total. The minimum absolute atomic E-state index is 0.345. The van der Waals surface area contributed by atoms with Gasteiger partial charge in [-0.2, -0.15) is 0 Å². The summed E-state index contributed by atoms with van der Waals surface area (Å²) in [6, 6.07) is 5.94. The Bertz CT molecular complexity index is 440. The summed E-state index contributed by atoms with van der Waals surface area (Å²) < 4.78 is 12.5. The lowest BCUT2D eigenvalue weighted by Crippen LogP contribution is -2.28. The summed E-state index contributed by atoms with van der Waals surface area (Å²) in [5.74, 6) is -0.952. The standard InChI is InChI=1S/C11H13ClFN3O2/c1-2-14-11(18)16-8-5-3-4-7(6-8)15-10(17)9(12)13/h3-6,9H,2H2,1H3,(H,15,17)(H2,14,16,18). The summed E-state index contributed by atoms with van der Waals surface area (Å²) in [4.78, 5) is 22.3. The highest BCUT2D eigenvalue weighted by molar-refractivity contribution is 6.31. The molecule has 3 amide bonds. The van der Waals surface area contributed by atoms with Crippen molar-refractivity contribution in [2.45, 2.75) is 12.6 Å². The third kappa shape index (κ3) is 4.58. The van der Waals surface area contributed by atoms with Gasteiger partial charge in [-0.05, 0) is 25.1 Å². The van der Waals surface area contributed by atoms with Crippen LogP contribution in [0.1, 0.15) is 6.92 Å². The number of halogens is 2. The van der Waals surface area contributed by atoms with Crippen molar-refractivity contribution in [2.24, 2.45) is 0 Å². The van der Waals surface area contributed by atoms with Gasteiger partial charge in [-0.25, -0.2) is 9.18 Å². The van der Waals surface area contributed by atoms with E-state index in [0.717, 1.165) is 0 Å². The fraction of sp³-hybridized carbons (Fsp3) is 0.273. The van der Waals surface area contributed by atoms with Crippen LogP contribution in [0, 0.1) is 0 Å². The average molecular weight is 274 g/mol. The van der Waals surface area contributed by atoms with Crippen molar-refractivity contribution in [1.29, 1.82) is 0 Å². The Morgan fingerprint density at radius 2 is 1.94 bits per heavy atom. The van der Waals surface area contributed by atoms with E-state index >= 15 is 0 Å². The summed E-state index contributed by atoms with van der Waals surface area (Å²) in [6.45, 7) is 2.29. The van der Waals surface area contributed by atoms with Crippen LogP contribution in [0.15, 0.2) is 24.3 Å². The van der Waals surface area contributed by atoms with Gasteiger partial charge in [-0.15, -0.1) is 0 Å². The highest BCUT2D eigenvalue weighted by Crippen LogP contribution is 2.15. The molecule has 1 aromatic rings. The molecule has 0 aromatic heterocycles. The number of hydrogen-bond acceptors (Lipinski definition) is 2. The molecule has 0 aliphatic heterocycles. The van der Waals surface area contributed by atoms with Gasteiger partial charge in [0.05, 0.1) is 0 Å². The summed E-state index contributed by atoms with van der Waals surface area (Å²) in [5, 5.41) is 7.38. The van der Waals surface area contributed by atoms with Gasteiger partial charge in [0, 0.05) is 17.9 Å². The molecular weight excluding hydrogens is 261 g/mol. The normalized spacial score (nSPS) is 11.5. The summed E-state index contributed by atoms with van der Waals surface area (Å²) >= 11 is 4.99. The van der Waals surface area contributed by atoms with E-state index in [1.165, 1.54) is 6.07 Å². The number of carbonyl (C=O) groups is 2. The highest BCUT2D eigenvalue weighted by Gasteiger charge is 2.13. The van der Waals surface area contributed by atoms with Gasteiger partial charge in [0.25, 0.3) is 11.5 Å². The van der Waals surface area contributed by atoms with Gasteiger partial charge in [0.15, 0.2) is 0 Å². The fourth-order valence-electron chi connectivity index (χ4n) is 1.21. The third-order valence-electron chi connectivity index (χ3n) is 1.92. The number of amides is 3. The third-order valence-corrected chi connectivity index (χ3v) is 2.12. The molecule has 1 unspecified atom stereocenters. The molecule has 98 valence electrons. The van der Waals surface area contributed by atoms with E-state index in [1.54, 1.807) is 25.1 Å². The number of nitrogens with one attached hydrogen (secondary N) is 3. The lowest BCUT2D eigenvalue weighted by Gasteiger charge is -2.09. The molecule has 7 heteroatoms. The zero-order valence-corrected chi connectivity index (χ0v) is 10.4. The Balaban J connectivity index is 2.67. The van der Waals surface area contributed by atoms with E-state index < -0.39 is 11.5 Å². The first-order valence-corrected chi connectivity index (χ1v) is 5.70. The molecule has 1 aromatic carbocycles. The van der Waals surface area contributed by atoms with Crippen molar-refractivity contribution in [3.8, 4) is 0 Å². The van der Waals surface area contributed by atoms with Gasteiger partial charge in [-0.1, -0.05) is 17.7 Å². The molecule has 0 heterocycles. The predicted molar refractivity (Wildman–Crippen MR) is 68.5 cm³/mol. The molecule has 0 bridgehead atoms. The zero-order chi connectivity index (χ0) is 13.5. The first-order valence-electron chi connectivity index (χ1n) is 5.27. The van der Waals surface area contributed by atoms with Crippen molar-refractivity contribution in [1.82, 2.24) is 5.32 Å². The van der Waals surface area contributed by atoms with Crippen molar-refractivity contribution >= 4 is 34.9 Å². The molecule has 1 atom stereocenters. The van der Waals surface area contributed by atoms with Crippen LogP contribution < -0.4 is 16.0 Å². The zero-order valence-electron chi connectivity index (χ0n) is 9.67. The Labute approximate surface area is 109 Å². The van der Waals surface area contributed by atoms with Gasteiger partial charge in [0.2, 0.25) is 0 Å². The molecule has 0 fully saturated rings. The largest absolute Gasteiger partial charge is 0.338 e. The van der Waals surface area contributed by atoms with E-state index in [4.69, 9.17) is 11.6 Å². The van der Waals surface area contributed by atoms with Crippen LogP contribution in [0.25, 0.3) is 0 Å². The van der Waals surface area contributed by atoms with Crippen molar-refractivity contribution < 1.29 is 14.0 Å². The maximum absolute atomic E-state index is 12.5. The van der Waals surface area contributed by atoms with Crippen LogP contribution in [-0.2, 0) is 4.79 Å². The number of alkyl halides is 2. The summed E-state index contributed by atoms with van der Waals surface area (Å²) in [6.07, 6.45) is 0. The highest BCUT2D eigenvalue weighted by atomic mass is 35.5. The Hall–Kier alpha value is -1.82. The van der Waals surface area contributed by atoms with E-state index in [-0.39, 0.29) is 6.03 Å². The average Bonchev–Trinajstić information content (AvgIpc) is 2.29. The lowest BCUT2D eigenvalue weighted by atomic mass is 10.2. The second-order valence-corrected chi connectivity index (χ2v) is 3.74. The lowest BCUT2D eigenvalue weighted by molar-refractivity contribution is -0.118. The fourth-order valence-corrected chi connectivity index (χ4v) is 1.26. The molecular formula is C11H13ClFN3O2. The maximum atomic E-state index is 12.5. The SMILES string of the molecule is CCNC(=O)Nc1cccc(NC(=O)C(F)Cl)c1. The molecule has 0 saturated heterocycles. The van der Waals surface area contributed by atoms with E-state index in [2.05, 4.69) is 16.0 Å². The molecule has 0 aliphatic rings. The summed E-state index contributed by atoms with van der Waals surface area (Å²) in [5.41, 5.74) is -1.29. The van der Waals surface area contributed by atoms with Gasteiger partial charge in [0.1, 0.15) is 0 Å². The number of rotatable bonds is 4. The maximum Gasteiger partial charge on any atom is 0.319 e. The minimum Gasteiger partial charge on any atom is -0.338 e. The van der Waals surface area contributed by atoms with Crippen molar-refractivity contribution in [3.05, 3.63) is 24.3 Å². The Morgan fingerprint density at radius 1 is 1.33 bits per heavy atom. The second kappa shape index (κ2) is 6.80. The van der Waals surface area contributed by atoms with Crippen molar-refractivity contribution in [2.75, 3.05) is 17.2 Å². The monoisotopic (exact) mass is 273 g/mol. The predicted octanol–water partition coefficient (Wildman–Crippen LogP) is 2.30. The minimum atomic E-state index is -2.11. The van der Waals surface area contributed by atoms with Crippen LogP contribution in [0.5, 0.6) is 0 Å². The Kier molecular flexibility index (Phi) is 5.38. The quantitative estimate of drug-likeness (QED) is 0.737. The molecule has 0 radical (unpaired) electrons. The van der Waals surface area contributed by atoms with E-state index in [9.17, 15) is 14.0 Å². The van der Waals surface area contributed by atoms with Gasteiger partial charge < -0.3 is 16.0 Å². The molecule has 0 spiro atoms. The summed E-state index contributed by atoms with van der Waals surface area (Å²) in [7, 11) is 0. The van der Waals surface area contributed by atoms with Gasteiger partial charge >= 0.3 is 6.03 Å². The molecule has 0 saturated carbocycles. The number of urea groups is 1. The first-order chi connectivity index (χ1) is 8.52. The number of carbonyl (C=O) groups excluding carboxylic acids is 2. The number of hydrogen-bond donors (Lipinski definition) is 3. The van der Waals surface area contributed by atoms with Crippen LogP contribution in [0.4, 0.5) is 20.6 Å². The number of anilines is 2. The van der Waals surface area contributed by atoms with E-state index in [1.807, 2.05) is 0 Å². The molecule has 3 N–H and O–H groups in total.